The van der Waals surface area contributed by atoms with Crippen LogP contribution in [0.25, 0.3) is 11.0 Å². The first-order valence-corrected chi connectivity index (χ1v) is 7.87. The molecule has 1 aromatic heterocycles. The fraction of sp³-hybridized carbons (Fsp3) is 0.263. The lowest BCUT2D eigenvalue weighted by molar-refractivity contribution is 0.603. The largest absolute Gasteiger partial charge is 0.310 e. The highest BCUT2D eigenvalue weighted by atomic mass is 16.1. The van der Waals surface area contributed by atoms with Gasteiger partial charge in [0.2, 0.25) is 0 Å². The van der Waals surface area contributed by atoms with Gasteiger partial charge >= 0.3 is 0 Å². The zero-order valence-electron chi connectivity index (χ0n) is 13.5. The molecule has 118 valence electrons. The van der Waals surface area contributed by atoms with Crippen LogP contribution in [0.4, 0.5) is 0 Å². The van der Waals surface area contributed by atoms with Crippen molar-refractivity contribution < 1.29 is 0 Å². The summed E-state index contributed by atoms with van der Waals surface area (Å²) in [5.41, 5.74) is 3.52. The van der Waals surface area contributed by atoms with Crippen LogP contribution in [0, 0.1) is 0 Å². The van der Waals surface area contributed by atoms with Gasteiger partial charge in [-0.2, -0.15) is 0 Å². The summed E-state index contributed by atoms with van der Waals surface area (Å²) in [5, 5.41) is 3.36. The maximum atomic E-state index is 12.4. The molecule has 23 heavy (non-hydrogen) atoms. The number of nitrogens with one attached hydrogen (secondary N) is 1. The average molecular weight is 307 g/mol. The number of nitrogens with zero attached hydrogens (tertiary/aromatic N) is 2. The van der Waals surface area contributed by atoms with E-state index in [4.69, 9.17) is 0 Å². The zero-order valence-corrected chi connectivity index (χ0v) is 13.5. The lowest BCUT2D eigenvalue weighted by Crippen LogP contribution is -2.29. The molecule has 0 spiro atoms. The highest BCUT2D eigenvalue weighted by Gasteiger charge is 2.09. The second kappa shape index (κ2) is 6.75. The van der Waals surface area contributed by atoms with E-state index in [1.54, 1.807) is 11.6 Å². The highest BCUT2D eigenvalue weighted by Crippen LogP contribution is 2.13. The summed E-state index contributed by atoms with van der Waals surface area (Å²) in [6.07, 6.45) is 0. The van der Waals surface area contributed by atoms with Crippen molar-refractivity contribution in [2.24, 2.45) is 7.05 Å². The van der Waals surface area contributed by atoms with Gasteiger partial charge in [-0.05, 0) is 23.6 Å². The first kappa shape index (κ1) is 15.4. The molecule has 1 atom stereocenters. The van der Waals surface area contributed by atoms with Crippen molar-refractivity contribution >= 4 is 11.0 Å². The molecule has 0 fully saturated rings. The predicted octanol–water partition coefficient (Wildman–Crippen LogP) is 2.83. The summed E-state index contributed by atoms with van der Waals surface area (Å²) < 4.78 is 1.67. The Morgan fingerprint density at radius 3 is 2.57 bits per heavy atom. The third-order valence-electron chi connectivity index (χ3n) is 4.16. The Morgan fingerprint density at radius 1 is 1.09 bits per heavy atom. The number of para-hydroxylation sites is 2. The standard InChI is InChI=1S/C19H21N3O/c1-14(15-8-4-3-5-9-15)12-20-13-17-19(23)22(2)18-11-7-6-10-16(18)21-17/h3-11,14,20H,12-13H2,1-2H3/t14-/m1/s1. The van der Waals surface area contributed by atoms with Gasteiger partial charge in [0.05, 0.1) is 11.0 Å². The van der Waals surface area contributed by atoms with Crippen LogP contribution in [0.1, 0.15) is 24.1 Å². The van der Waals surface area contributed by atoms with E-state index in [-0.39, 0.29) is 5.56 Å². The van der Waals surface area contributed by atoms with Crippen molar-refractivity contribution in [2.45, 2.75) is 19.4 Å². The monoisotopic (exact) mass is 307 g/mol. The Labute approximate surface area is 135 Å². The van der Waals surface area contributed by atoms with Crippen molar-refractivity contribution in [3.8, 4) is 0 Å². The molecule has 0 amide bonds. The fourth-order valence-corrected chi connectivity index (χ4v) is 2.76. The molecule has 2 aromatic carbocycles. The molecule has 0 saturated heterocycles. The van der Waals surface area contributed by atoms with E-state index in [0.29, 0.717) is 18.2 Å². The zero-order chi connectivity index (χ0) is 16.2. The molecular weight excluding hydrogens is 286 g/mol. The fourth-order valence-electron chi connectivity index (χ4n) is 2.76. The van der Waals surface area contributed by atoms with Crippen LogP contribution >= 0.6 is 0 Å². The van der Waals surface area contributed by atoms with Gasteiger partial charge in [0, 0.05) is 20.1 Å². The molecule has 4 nitrogen and oxygen atoms in total. The predicted molar refractivity (Wildman–Crippen MR) is 93.5 cm³/mol. The highest BCUT2D eigenvalue weighted by molar-refractivity contribution is 5.74. The molecule has 3 rings (SSSR count). The van der Waals surface area contributed by atoms with Gasteiger partial charge < -0.3 is 9.88 Å². The van der Waals surface area contributed by atoms with Gasteiger partial charge in [-0.25, -0.2) is 4.98 Å². The number of hydrogen-bond donors (Lipinski definition) is 1. The molecule has 1 heterocycles. The molecule has 0 aliphatic carbocycles. The minimum atomic E-state index is -0.0384. The van der Waals surface area contributed by atoms with Crippen LogP contribution in [0.3, 0.4) is 0 Å². The number of benzene rings is 2. The SMILES string of the molecule is C[C@H](CNCc1nc2ccccc2n(C)c1=O)c1ccccc1. The Kier molecular flexibility index (Phi) is 4.53. The Hall–Kier alpha value is -2.46. The number of fused-ring (bicyclic) bond motifs is 1. The molecule has 4 heteroatoms. The van der Waals surface area contributed by atoms with Crippen molar-refractivity contribution in [1.29, 1.82) is 0 Å². The van der Waals surface area contributed by atoms with Crippen LogP contribution in [-0.4, -0.2) is 16.1 Å². The molecule has 3 aromatic rings. The first-order valence-electron chi connectivity index (χ1n) is 7.87. The third-order valence-corrected chi connectivity index (χ3v) is 4.16. The van der Waals surface area contributed by atoms with Crippen molar-refractivity contribution in [1.82, 2.24) is 14.9 Å². The van der Waals surface area contributed by atoms with E-state index in [1.165, 1.54) is 5.56 Å². The Bertz CT molecular complexity index is 855. The summed E-state index contributed by atoms with van der Waals surface area (Å²) >= 11 is 0. The van der Waals surface area contributed by atoms with E-state index in [0.717, 1.165) is 17.6 Å². The minimum absolute atomic E-state index is 0.0384. The molecular formula is C19H21N3O. The van der Waals surface area contributed by atoms with E-state index < -0.39 is 0 Å². The number of rotatable bonds is 5. The van der Waals surface area contributed by atoms with Crippen molar-refractivity contribution in [3.63, 3.8) is 0 Å². The Balaban J connectivity index is 1.72. The second-order valence-electron chi connectivity index (χ2n) is 5.85. The number of aromatic nitrogens is 2. The lowest BCUT2D eigenvalue weighted by atomic mass is 10.0. The van der Waals surface area contributed by atoms with Gasteiger partial charge in [-0.15, -0.1) is 0 Å². The normalized spacial score (nSPS) is 12.4. The molecule has 0 unspecified atom stereocenters. The molecule has 0 aliphatic heterocycles. The number of hydrogen-bond acceptors (Lipinski definition) is 3. The van der Waals surface area contributed by atoms with E-state index in [1.807, 2.05) is 42.5 Å². The average Bonchev–Trinajstić information content (AvgIpc) is 2.60. The van der Waals surface area contributed by atoms with Crippen molar-refractivity contribution in [3.05, 3.63) is 76.2 Å². The maximum Gasteiger partial charge on any atom is 0.273 e. The van der Waals surface area contributed by atoms with E-state index in [9.17, 15) is 4.79 Å². The third kappa shape index (κ3) is 3.32. The Morgan fingerprint density at radius 2 is 1.78 bits per heavy atom. The lowest BCUT2D eigenvalue weighted by Gasteiger charge is -2.13. The van der Waals surface area contributed by atoms with Crippen LogP contribution in [-0.2, 0) is 13.6 Å². The van der Waals surface area contributed by atoms with Gasteiger partial charge in [0.15, 0.2) is 0 Å². The molecule has 0 bridgehead atoms. The van der Waals surface area contributed by atoms with Crippen LogP contribution < -0.4 is 10.9 Å². The van der Waals surface area contributed by atoms with Crippen molar-refractivity contribution in [2.75, 3.05) is 6.54 Å². The minimum Gasteiger partial charge on any atom is -0.310 e. The van der Waals surface area contributed by atoms with Crippen LogP contribution in [0.15, 0.2) is 59.4 Å². The smallest absolute Gasteiger partial charge is 0.273 e. The second-order valence-corrected chi connectivity index (χ2v) is 5.85. The molecule has 0 aliphatic rings. The number of aryl methyl sites for hydroxylation is 1. The quantitative estimate of drug-likeness (QED) is 0.788. The topological polar surface area (TPSA) is 46.9 Å². The van der Waals surface area contributed by atoms with E-state index in [2.05, 4.69) is 29.4 Å². The maximum absolute atomic E-state index is 12.4. The summed E-state index contributed by atoms with van der Waals surface area (Å²) in [7, 11) is 1.79. The van der Waals surface area contributed by atoms with Crippen LogP contribution in [0.5, 0.6) is 0 Å². The van der Waals surface area contributed by atoms with Gasteiger partial charge in [0.1, 0.15) is 5.69 Å². The molecule has 1 N–H and O–H groups in total. The summed E-state index contributed by atoms with van der Waals surface area (Å²) in [6, 6.07) is 18.1. The first-order chi connectivity index (χ1) is 11.2. The molecule has 0 saturated carbocycles. The van der Waals surface area contributed by atoms with E-state index >= 15 is 0 Å². The summed E-state index contributed by atoms with van der Waals surface area (Å²) in [4.78, 5) is 16.9. The summed E-state index contributed by atoms with van der Waals surface area (Å²) in [5.74, 6) is 0.389. The summed E-state index contributed by atoms with van der Waals surface area (Å²) in [6.45, 7) is 3.46. The van der Waals surface area contributed by atoms with Crippen LogP contribution in [0.2, 0.25) is 0 Å². The van der Waals surface area contributed by atoms with Gasteiger partial charge in [-0.3, -0.25) is 4.79 Å². The molecule has 0 radical (unpaired) electrons. The van der Waals surface area contributed by atoms with Gasteiger partial charge in [0.25, 0.3) is 5.56 Å². The van der Waals surface area contributed by atoms with Gasteiger partial charge in [-0.1, -0.05) is 49.4 Å².